The third-order valence-electron chi connectivity index (χ3n) is 4.42. The van der Waals surface area contributed by atoms with Gasteiger partial charge in [-0.1, -0.05) is 71.6 Å². The minimum Gasteiger partial charge on any atom is -0.466 e. The summed E-state index contributed by atoms with van der Waals surface area (Å²) in [6, 6.07) is 0. The lowest BCUT2D eigenvalue weighted by atomic mass is 10.0. The summed E-state index contributed by atoms with van der Waals surface area (Å²) in [4.78, 5) is 13.0. The summed E-state index contributed by atoms with van der Waals surface area (Å²) in [5.41, 5.74) is 1.21. The van der Waals surface area contributed by atoms with Crippen molar-refractivity contribution in [1.82, 2.24) is 0 Å². The maximum absolute atomic E-state index is 11.9. The highest BCUT2D eigenvalue weighted by atomic mass is 32.1. The first kappa shape index (κ1) is 23.6. The molecule has 0 aliphatic carbocycles. The van der Waals surface area contributed by atoms with Crippen molar-refractivity contribution < 1.29 is 9.53 Å². The van der Waals surface area contributed by atoms with E-state index in [1.54, 1.807) is 0 Å². The second-order valence-electron chi connectivity index (χ2n) is 6.71. The largest absolute Gasteiger partial charge is 0.466 e. The minimum absolute atomic E-state index is 0.101. The predicted molar refractivity (Wildman–Crippen MR) is 109 cm³/mol. The van der Waals surface area contributed by atoms with E-state index in [2.05, 4.69) is 13.8 Å². The lowest BCUT2D eigenvalue weighted by Gasteiger charge is -2.12. The molecule has 0 aliphatic rings. The molecule has 0 unspecified atom stereocenters. The van der Waals surface area contributed by atoms with E-state index in [0.29, 0.717) is 13.0 Å². The fourth-order valence-electron chi connectivity index (χ4n) is 2.91. The van der Waals surface area contributed by atoms with Crippen LogP contribution in [0, 0.1) is 0 Å². The van der Waals surface area contributed by atoms with E-state index in [9.17, 15) is 4.79 Å². The van der Waals surface area contributed by atoms with Gasteiger partial charge in [-0.15, -0.1) is 12.6 Å². The van der Waals surface area contributed by atoms with Crippen LogP contribution >= 0.6 is 12.6 Å². The van der Waals surface area contributed by atoms with E-state index in [-0.39, 0.29) is 5.97 Å². The van der Waals surface area contributed by atoms with Crippen LogP contribution in [0.4, 0.5) is 0 Å². The molecule has 0 amide bonds. The molecule has 0 atom stereocenters. The summed E-state index contributed by atoms with van der Waals surface area (Å²) < 4.78 is 5.13. The van der Waals surface area contributed by atoms with Gasteiger partial charge in [0.1, 0.15) is 0 Å². The Bertz CT molecular complexity index is 337. The van der Waals surface area contributed by atoms with Gasteiger partial charge in [0.15, 0.2) is 0 Å². The summed E-state index contributed by atoms with van der Waals surface area (Å²) in [5.74, 6) is -0.101. The highest BCUT2D eigenvalue weighted by molar-refractivity contribution is 7.84. The molecule has 0 saturated heterocycles. The smallest absolute Gasteiger partial charge is 0.309 e. The highest BCUT2D eigenvalue weighted by Crippen LogP contribution is 2.25. The van der Waals surface area contributed by atoms with E-state index >= 15 is 0 Å². The zero-order valence-corrected chi connectivity index (χ0v) is 17.3. The Kier molecular flexibility index (Phi) is 17.1. The molecule has 24 heavy (non-hydrogen) atoms. The Morgan fingerprint density at radius 3 is 1.79 bits per heavy atom. The summed E-state index contributed by atoms with van der Waals surface area (Å²) >= 11 is 4.72. The van der Waals surface area contributed by atoms with Crippen LogP contribution < -0.4 is 0 Å². The molecule has 0 fully saturated rings. The van der Waals surface area contributed by atoms with E-state index in [1.807, 2.05) is 6.92 Å². The maximum atomic E-state index is 11.9. The van der Waals surface area contributed by atoms with Crippen molar-refractivity contribution in [1.29, 1.82) is 0 Å². The third kappa shape index (κ3) is 13.9. The van der Waals surface area contributed by atoms with Gasteiger partial charge in [-0.25, -0.2) is 0 Å². The molecule has 0 aromatic rings. The van der Waals surface area contributed by atoms with Gasteiger partial charge in [0.2, 0.25) is 0 Å². The lowest BCUT2D eigenvalue weighted by molar-refractivity contribution is -0.142. The van der Waals surface area contributed by atoms with Gasteiger partial charge < -0.3 is 4.74 Å². The number of esters is 1. The first-order valence-corrected chi connectivity index (χ1v) is 10.7. The van der Waals surface area contributed by atoms with Gasteiger partial charge in [0.25, 0.3) is 0 Å². The van der Waals surface area contributed by atoms with Crippen LogP contribution in [0.5, 0.6) is 0 Å². The van der Waals surface area contributed by atoms with Gasteiger partial charge in [0, 0.05) is 0 Å². The average Bonchev–Trinajstić information content (AvgIpc) is 2.56. The van der Waals surface area contributed by atoms with Crippen molar-refractivity contribution in [2.75, 3.05) is 6.61 Å². The van der Waals surface area contributed by atoms with Crippen molar-refractivity contribution in [3.05, 3.63) is 10.5 Å². The SMILES string of the molecule is CCCCCCCC/C(CC(=O)OCC)=C(/S)CCCCCCC. The molecule has 0 N–H and O–H groups in total. The number of ether oxygens (including phenoxy) is 1. The first-order valence-electron chi connectivity index (χ1n) is 10.2. The summed E-state index contributed by atoms with van der Waals surface area (Å²) in [6.07, 6.45) is 16.5. The topological polar surface area (TPSA) is 26.3 Å². The predicted octanol–water partition coefficient (Wildman–Crippen LogP) is 7.23. The van der Waals surface area contributed by atoms with Crippen molar-refractivity contribution in [3.63, 3.8) is 0 Å². The van der Waals surface area contributed by atoms with Gasteiger partial charge in [-0.3, -0.25) is 4.79 Å². The summed E-state index contributed by atoms with van der Waals surface area (Å²) in [7, 11) is 0. The van der Waals surface area contributed by atoms with Crippen LogP contribution in [0.2, 0.25) is 0 Å². The van der Waals surface area contributed by atoms with Gasteiger partial charge in [-0.2, -0.15) is 0 Å². The molecular formula is C21H40O2S. The molecule has 0 aromatic heterocycles. The van der Waals surface area contributed by atoms with Crippen LogP contribution in [0.3, 0.4) is 0 Å². The molecule has 142 valence electrons. The Labute approximate surface area is 156 Å². The van der Waals surface area contributed by atoms with E-state index < -0.39 is 0 Å². The van der Waals surface area contributed by atoms with Crippen LogP contribution in [0.1, 0.15) is 111 Å². The summed E-state index contributed by atoms with van der Waals surface area (Å²) in [5, 5.41) is 0. The third-order valence-corrected chi connectivity index (χ3v) is 4.96. The van der Waals surface area contributed by atoms with Gasteiger partial charge in [-0.05, 0) is 43.1 Å². The molecular weight excluding hydrogens is 316 g/mol. The number of carbonyl (C=O) groups is 1. The highest BCUT2D eigenvalue weighted by Gasteiger charge is 2.11. The standard InChI is InChI=1S/C21H40O2S/c1-4-7-9-11-13-14-16-19(18-21(22)23-6-3)20(24)17-15-12-10-8-5-2/h24H,4-18H2,1-3H3/b20-19-. The van der Waals surface area contributed by atoms with Crippen LogP contribution in [0.25, 0.3) is 0 Å². The Hall–Kier alpha value is -0.440. The van der Waals surface area contributed by atoms with E-state index in [0.717, 1.165) is 17.7 Å². The number of thiol groups is 1. The molecule has 0 spiro atoms. The van der Waals surface area contributed by atoms with Crippen molar-refractivity contribution in [2.45, 2.75) is 111 Å². The molecule has 0 aromatic carbocycles. The molecule has 0 saturated carbocycles. The Morgan fingerprint density at radius 1 is 0.750 bits per heavy atom. The fraction of sp³-hybridized carbons (Fsp3) is 0.857. The number of allylic oxidation sites excluding steroid dienone is 1. The molecule has 0 heterocycles. The van der Waals surface area contributed by atoms with Crippen molar-refractivity contribution >= 4 is 18.6 Å². The molecule has 0 rings (SSSR count). The summed E-state index contributed by atoms with van der Waals surface area (Å²) in [6.45, 7) is 6.81. The quantitative estimate of drug-likeness (QED) is 0.179. The van der Waals surface area contributed by atoms with Gasteiger partial charge >= 0.3 is 5.97 Å². The lowest BCUT2D eigenvalue weighted by Crippen LogP contribution is -2.06. The van der Waals surface area contributed by atoms with Crippen molar-refractivity contribution in [3.8, 4) is 0 Å². The first-order chi connectivity index (χ1) is 11.7. The molecule has 3 heteroatoms. The fourth-order valence-corrected chi connectivity index (χ4v) is 3.26. The van der Waals surface area contributed by atoms with Crippen LogP contribution in [-0.4, -0.2) is 12.6 Å². The monoisotopic (exact) mass is 356 g/mol. The molecule has 0 bridgehead atoms. The molecule has 0 aliphatic heterocycles. The normalized spacial score (nSPS) is 12.2. The van der Waals surface area contributed by atoms with E-state index in [4.69, 9.17) is 17.4 Å². The van der Waals surface area contributed by atoms with E-state index in [1.165, 1.54) is 76.2 Å². The second-order valence-corrected chi connectivity index (χ2v) is 7.25. The zero-order chi connectivity index (χ0) is 18.0. The number of rotatable bonds is 16. The second kappa shape index (κ2) is 17.4. The molecule has 0 radical (unpaired) electrons. The molecule has 2 nitrogen and oxygen atoms in total. The number of hydrogen-bond donors (Lipinski definition) is 1. The Balaban J connectivity index is 4.32. The number of hydrogen-bond acceptors (Lipinski definition) is 3. The maximum Gasteiger partial charge on any atom is 0.309 e. The Morgan fingerprint density at radius 2 is 1.25 bits per heavy atom. The average molecular weight is 357 g/mol. The van der Waals surface area contributed by atoms with Crippen LogP contribution in [0.15, 0.2) is 10.5 Å². The van der Waals surface area contributed by atoms with Crippen molar-refractivity contribution in [2.24, 2.45) is 0 Å². The minimum atomic E-state index is -0.101. The number of carbonyl (C=O) groups excluding carboxylic acids is 1. The number of unbranched alkanes of at least 4 members (excludes halogenated alkanes) is 9. The zero-order valence-electron chi connectivity index (χ0n) is 16.4. The van der Waals surface area contributed by atoms with Crippen LogP contribution in [-0.2, 0) is 9.53 Å². The van der Waals surface area contributed by atoms with Gasteiger partial charge in [0.05, 0.1) is 13.0 Å².